The third kappa shape index (κ3) is 5.21. The topological polar surface area (TPSA) is 44.8 Å². The highest BCUT2D eigenvalue weighted by Crippen LogP contribution is 2.13. The first kappa shape index (κ1) is 18.7. The quantitative estimate of drug-likeness (QED) is 0.871. The molecule has 1 atom stereocenters. The van der Waals surface area contributed by atoms with Gasteiger partial charge in [0.15, 0.2) is 0 Å². The number of hydrogen-bond acceptors (Lipinski definition) is 3. The zero-order valence-electron chi connectivity index (χ0n) is 15.3. The molecule has 1 aliphatic heterocycles. The molecule has 2 rings (SSSR count). The molecule has 24 heavy (non-hydrogen) atoms. The van der Waals surface area contributed by atoms with E-state index in [2.05, 4.69) is 49.2 Å². The van der Waals surface area contributed by atoms with E-state index in [0.29, 0.717) is 19.7 Å². The molecule has 0 saturated carbocycles. The Morgan fingerprint density at radius 1 is 1.25 bits per heavy atom. The Bertz CT molecular complexity index is 517. The Kier molecular flexibility index (Phi) is 7.53. The largest absolute Gasteiger partial charge is 0.380 e. The lowest BCUT2D eigenvalue weighted by molar-refractivity contribution is 0.142. The Labute approximate surface area is 146 Å². The van der Waals surface area contributed by atoms with E-state index >= 15 is 0 Å². The van der Waals surface area contributed by atoms with Crippen molar-refractivity contribution in [2.45, 2.75) is 46.3 Å². The van der Waals surface area contributed by atoms with Crippen molar-refractivity contribution in [2.75, 3.05) is 32.8 Å². The predicted octanol–water partition coefficient (Wildman–Crippen LogP) is 2.85. The van der Waals surface area contributed by atoms with Crippen molar-refractivity contribution in [2.24, 2.45) is 0 Å². The summed E-state index contributed by atoms with van der Waals surface area (Å²) in [5.74, 6) is 0. The number of carbonyl (C=O) groups is 1. The van der Waals surface area contributed by atoms with Gasteiger partial charge in [-0.15, -0.1) is 0 Å². The molecule has 5 heteroatoms. The lowest BCUT2D eigenvalue weighted by atomic mass is 10.1. The van der Waals surface area contributed by atoms with Crippen molar-refractivity contribution in [3.05, 3.63) is 35.4 Å². The highest BCUT2D eigenvalue weighted by Gasteiger charge is 2.22. The van der Waals surface area contributed by atoms with Gasteiger partial charge in [0.25, 0.3) is 0 Å². The third-order valence-electron chi connectivity index (χ3n) is 4.79. The fourth-order valence-electron chi connectivity index (χ4n) is 3.04. The van der Waals surface area contributed by atoms with Crippen LogP contribution in [0.2, 0.25) is 0 Å². The highest BCUT2D eigenvalue weighted by molar-refractivity contribution is 5.74. The van der Waals surface area contributed by atoms with Gasteiger partial charge < -0.3 is 15.0 Å². The van der Waals surface area contributed by atoms with E-state index in [4.69, 9.17) is 4.74 Å². The van der Waals surface area contributed by atoms with E-state index in [1.54, 1.807) is 0 Å². The smallest absolute Gasteiger partial charge is 0.317 e. The van der Waals surface area contributed by atoms with Crippen LogP contribution in [-0.4, -0.2) is 54.7 Å². The fraction of sp³-hybridized carbons (Fsp3) is 0.632. The molecule has 0 radical (unpaired) electrons. The molecule has 0 aromatic heterocycles. The number of hydrogen-bond donors (Lipinski definition) is 1. The molecule has 134 valence electrons. The predicted molar refractivity (Wildman–Crippen MR) is 96.9 cm³/mol. The van der Waals surface area contributed by atoms with E-state index in [1.165, 1.54) is 11.1 Å². The van der Waals surface area contributed by atoms with E-state index in [9.17, 15) is 4.79 Å². The second kappa shape index (κ2) is 9.64. The molecule has 1 aromatic carbocycles. The molecule has 1 fully saturated rings. The number of rotatable bonds is 6. The summed E-state index contributed by atoms with van der Waals surface area (Å²) < 4.78 is 5.47. The van der Waals surface area contributed by atoms with Gasteiger partial charge in [0.1, 0.15) is 0 Å². The number of ether oxygens (including phenoxy) is 1. The van der Waals surface area contributed by atoms with Gasteiger partial charge in [0.2, 0.25) is 0 Å². The van der Waals surface area contributed by atoms with Crippen LogP contribution in [-0.2, 0) is 17.8 Å². The molecule has 1 aromatic rings. The molecule has 5 nitrogen and oxygen atoms in total. The first-order chi connectivity index (χ1) is 11.7. The van der Waals surface area contributed by atoms with Crippen molar-refractivity contribution in [3.63, 3.8) is 0 Å². The molecule has 1 heterocycles. The minimum atomic E-state index is 0.00522. The molecule has 1 saturated heterocycles. The van der Waals surface area contributed by atoms with Crippen LogP contribution in [0.4, 0.5) is 4.79 Å². The second-order valence-corrected chi connectivity index (χ2v) is 6.33. The number of carbonyl (C=O) groups excluding carboxylic acids is 1. The molecule has 1 N–H and O–H groups in total. The third-order valence-corrected chi connectivity index (χ3v) is 4.79. The Morgan fingerprint density at radius 2 is 1.96 bits per heavy atom. The molecule has 1 aliphatic rings. The van der Waals surface area contributed by atoms with Crippen LogP contribution < -0.4 is 5.32 Å². The second-order valence-electron chi connectivity index (χ2n) is 6.33. The molecule has 0 spiro atoms. The van der Waals surface area contributed by atoms with E-state index in [1.807, 2.05) is 11.0 Å². The number of nitrogens with zero attached hydrogens (tertiary/aromatic N) is 2. The maximum absolute atomic E-state index is 12.5. The number of amides is 2. The summed E-state index contributed by atoms with van der Waals surface area (Å²) in [4.78, 5) is 16.8. The van der Waals surface area contributed by atoms with Crippen LogP contribution in [0, 0.1) is 0 Å². The van der Waals surface area contributed by atoms with Crippen molar-refractivity contribution in [1.29, 1.82) is 0 Å². The summed E-state index contributed by atoms with van der Waals surface area (Å²) in [6.07, 6.45) is 0.895. The summed E-state index contributed by atoms with van der Waals surface area (Å²) in [5, 5.41) is 3.09. The Morgan fingerprint density at radius 3 is 2.67 bits per heavy atom. The van der Waals surface area contributed by atoms with Gasteiger partial charge in [-0.3, -0.25) is 4.90 Å². The maximum atomic E-state index is 12.5. The van der Waals surface area contributed by atoms with Crippen LogP contribution in [0.15, 0.2) is 24.3 Å². The van der Waals surface area contributed by atoms with Crippen LogP contribution in [0.5, 0.6) is 0 Å². The van der Waals surface area contributed by atoms with Gasteiger partial charge in [-0.25, -0.2) is 4.79 Å². The van der Waals surface area contributed by atoms with Crippen molar-refractivity contribution < 1.29 is 9.53 Å². The lowest BCUT2D eigenvalue weighted by Gasteiger charge is -2.27. The molecular formula is C19H31N3O2. The van der Waals surface area contributed by atoms with Crippen LogP contribution >= 0.6 is 0 Å². The van der Waals surface area contributed by atoms with E-state index in [0.717, 1.165) is 32.7 Å². The number of benzene rings is 1. The van der Waals surface area contributed by atoms with Crippen molar-refractivity contribution in [1.82, 2.24) is 15.1 Å². The number of urea groups is 1. The summed E-state index contributed by atoms with van der Waals surface area (Å²) >= 11 is 0. The van der Waals surface area contributed by atoms with Gasteiger partial charge in [-0.05, 0) is 37.6 Å². The van der Waals surface area contributed by atoms with Gasteiger partial charge in [-0.2, -0.15) is 0 Å². The van der Waals surface area contributed by atoms with Crippen LogP contribution in [0.3, 0.4) is 0 Å². The molecule has 2 amide bonds. The zero-order valence-corrected chi connectivity index (χ0v) is 15.3. The van der Waals surface area contributed by atoms with Crippen LogP contribution in [0.1, 0.15) is 38.3 Å². The van der Waals surface area contributed by atoms with Gasteiger partial charge >= 0.3 is 6.03 Å². The molecule has 0 unspecified atom stereocenters. The monoisotopic (exact) mass is 333 g/mol. The zero-order chi connectivity index (χ0) is 17.4. The highest BCUT2D eigenvalue weighted by atomic mass is 16.5. The Hall–Kier alpha value is -1.59. The normalized spacial score (nSPS) is 18.5. The maximum Gasteiger partial charge on any atom is 0.317 e. The van der Waals surface area contributed by atoms with Crippen LogP contribution in [0.25, 0.3) is 0 Å². The number of nitrogens with one attached hydrogen (secondary N) is 1. The average Bonchev–Trinajstić information content (AvgIpc) is 2.82. The average molecular weight is 333 g/mol. The Balaban J connectivity index is 1.97. The minimum absolute atomic E-state index is 0.00522. The summed E-state index contributed by atoms with van der Waals surface area (Å²) in [5.41, 5.74) is 2.48. The summed E-state index contributed by atoms with van der Waals surface area (Å²) in [7, 11) is 0. The van der Waals surface area contributed by atoms with Gasteiger partial charge in [-0.1, -0.05) is 38.1 Å². The van der Waals surface area contributed by atoms with E-state index in [-0.39, 0.29) is 12.1 Å². The summed E-state index contributed by atoms with van der Waals surface area (Å²) in [6.45, 7) is 12.0. The molecular weight excluding hydrogens is 302 g/mol. The van der Waals surface area contributed by atoms with Gasteiger partial charge in [0, 0.05) is 32.3 Å². The molecule has 0 aliphatic carbocycles. The fourth-order valence-corrected chi connectivity index (χ4v) is 3.04. The van der Waals surface area contributed by atoms with Crippen molar-refractivity contribution in [3.8, 4) is 0 Å². The lowest BCUT2D eigenvalue weighted by Crippen LogP contribution is -2.45. The first-order valence-corrected chi connectivity index (χ1v) is 9.07. The molecule has 0 bridgehead atoms. The van der Waals surface area contributed by atoms with Gasteiger partial charge in [0.05, 0.1) is 6.61 Å². The standard InChI is InChI=1S/C19H31N3O2/c1-4-21(5-2)15-18-9-7-6-8-17(18)14-20-19(23)22-11-13-24-12-10-16(22)3/h6-9,16H,4-5,10-15H2,1-3H3,(H,20,23)/t16-/m0/s1. The van der Waals surface area contributed by atoms with Crippen molar-refractivity contribution >= 4 is 6.03 Å². The van der Waals surface area contributed by atoms with E-state index < -0.39 is 0 Å². The first-order valence-electron chi connectivity index (χ1n) is 9.07. The summed E-state index contributed by atoms with van der Waals surface area (Å²) in [6, 6.07) is 8.59. The minimum Gasteiger partial charge on any atom is -0.380 e. The SMILES string of the molecule is CCN(CC)Cc1ccccc1CNC(=O)N1CCOCC[C@@H]1C.